The quantitative estimate of drug-likeness (QED) is 0.111. The summed E-state index contributed by atoms with van der Waals surface area (Å²) in [4.78, 5) is 14.3. The minimum absolute atomic E-state index is 0.0358. The van der Waals surface area contributed by atoms with Crippen molar-refractivity contribution in [3.63, 3.8) is 0 Å². The van der Waals surface area contributed by atoms with E-state index in [2.05, 4.69) is 13.8 Å². The van der Waals surface area contributed by atoms with Gasteiger partial charge in [-0.3, -0.25) is 4.79 Å². The molecule has 0 bridgehead atoms. The first kappa shape index (κ1) is 33.0. The molecule has 34 heavy (non-hydrogen) atoms. The minimum Gasteiger partial charge on any atom is -0.342 e. The molecule has 0 aromatic heterocycles. The molecule has 3 nitrogen and oxygen atoms in total. The second-order valence-electron chi connectivity index (χ2n) is 10.5. The molecule has 0 heterocycles. The van der Waals surface area contributed by atoms with E-state index in [0.29, 0.717) is 0 Å². The van der Waals surface area contributed by atoms with Gasteiger partial charge < -0.3 is 4.90 Å². The van der Waals surface area contributed by atoms with Crippen LogP contribution in [0.4, 0.5) is 0 Å². The highest BCUT2D eigenvalue weighted by atomic mass is 16.2. The molecule has 0 aromatic rings. The number of hydrogen-bond donors (Lipinski definition) is 0. The molecule has 0 saturated carbocycles. The third-order valence-electron chi connectivity index (χ3n) is 7.15. The molecule has 0 aliphatic carbocycles. The SMILES string of the molecule is CCCCCCCCCCCCCCN(CCCCCCCCCCCCCC)C(=O)CC#N. The highest BCUT2D eigenvalue weighted by Crippen LogP contribution is 2.14. The van der Waals surface area contributed by atoms with Gasteiger partial charge >= 0.3 is 0 Å². The predicted octanol–water partition coefficient (Wildman–Crippen LogP) is 10.1. The van der Waals surface area contributed by atoms with Crippen LogP contribution >= 0.6 is 0 Å². The number of carbonyl (C=O) groups is 1. The maximum Gasteiger partial charge on any atom is 0.236 e. The van der Waals surface area contributed by atoms with Crippen molar-refractivity contribution >= 4 is 5.91 Å². The molecule has 0 aromatic carbocycles. The van der Waals surface area contributed by atoms with Crippen molar-refractivity contribution in [2.24, 2.45) is 0 Å². The lowest BCUT2D eigenvalue weighted by Gasteiger charge is -2.21. The Bertz CT molecular complexity index is 429. The molecule has 3 heteroatoms. The van der Waals surface area contributed by atoms with Gasteiger partial charge in [0.15, 0.2) is 0 Å². The van der Waals surface area contributed by atoms with E-state index in [1.165, 1.54) is 141 Å². The van der Waals surface area contributed by atoms with Crippen LogP contribution in [0, 0.1) is 11.3 Å². The molecule has 0 fully saturated rings. The van der Waals surface area contributed by atoms with Crippen LogP contribution in [0.5, 0.6) is 0 Å². The van der Waals surface area contributed by atoms with E-state index < -0.39 is 0 Å². The molecule has 0 atom stereocenters. The maximum absolute atomic E-state index is 12.3. The largest absolute Gasteiger partial charge is 0.342 e. The topological polar surface area (TPSA) is 44.1 Å². The molecular formula is C31H60N2O. The van der Waals surface area contributed by atoms with Gasteiger partial charge in [-0.05, 0) is 12.8 Å². The molecule has 1 amide bonds. The van der Waals surface area contributed by atoms with Crippen molar-refractivity contribution in [1.29, 1.82) is 5.26 Å². The summed E-state index contributed by atoms with van der Waals surface area (Å²) in [5, 5.41) is 8.93. The van der Waals surface area contributed by atoms with Gasteiger partial charge in [0, 0.05) is 13.1 Å². The van der Waals surface area contributed by atoms with Gasteiger partial charge in [-0.25, -0.2) is 0 Å². The highest BCUT2D eigenvalue weighted by Gasteiger charge is 2.12. The van der Waals surface area contributed by atoms with E-state index in [1.54, 1.807) is 0 Å². The van der Waals surface area contributed by atoms with Crippen molar-refractivity contribution in [2.45, 2.75) is 174 Å². The second-order valence-corrected chi connectivity index (χ2v) is 10.5. The summed E-state index contributed by atoms with van der Waals surface area (Å²) in [5.41, 5.74) is 0. The first-order valence-electron chi connectivity index (χ1n) is 15.4. The van der Waals surface area contributed by atoms with E-state index in [0.717, 1.165) is 25.9 Å². The van der Waals surface area contributed by atoms with Crippen molar-refractivity contribution in [3.05, 3.63) is 0 Å². The Kier molecular flexibility index (Phi) is 27.3. The van der Waals surface area contributed by atoms with Gasteiger partial charge in [0.1, 0.15) is 6.42 Å². The second kappa shape index (κ2) is 28.2. The summed E-state index contributed by atoms with van der Waals surface area (Å²) < 4.78 is 0. The Morgan fingerprint density at radius 1 is 0.500 bits per heavy atom. The van der Waals surface area contributed by atoms with Crippen molar-refractivity contribution < 1.29 is 4.79 Å². The summed E-state index contributed by atoms with van der Waals surface area (Å²) in [6, 6.07) is 2.05. The van der Waals surface area contributed by atoms with Crippen LogP contribution < -0.4 is 0 Å². The summed E-state index contributed by atoms with van der Waals surface area (Å²) >= 11 is 0. The van der Waals surface area contributed by atoms with E-state index in [1.807, 2.05) is 11.0 Å². The highest BCUT2D eigenvalue weighted by molar-refractivity contribution is 5.78. The molecule has 0 radical (unpaired) electrons. The van der Waals surface area contributed by atoms with Crippen LogP contribution in [0.15, 0.2) is 0 Å². The smallest absolute Gasteiger partial charge is 0.236 e. The first-order chi connectivity index (χ1) is 16.8. The Labute approximate surface area is 214 Å². The normalized spacial score (nSPS) is 11.0. The number of rotatable bonds is 27. The fourth-order valence-electron chi connectivity index (χ4n) is 4.83. The molecule has 0 aliphatic heterocycles. The van der Waals surface area contributed by atoms with E-state index in [4.69, 9.17) is 5.26 Å². The van der Waals surface area contributed by atoms with Gasteiger partial charge in [-0.1, -0.05) is 155 Å². The monoisotopic (exact) mass is 476 g/mol. The van der Waals surface area contributed by atoms with Crippen molar-refractivity contribution in [1.82, 2.24) is 4.90 Å². The third-order valence-corrected chi connectivity index (χ3v) is 7.15. The zero-order valence-electron chi connectivity index (χ0n) is 23.4. The molecule has 0 saturated heterocycles. The number of hydrogen-bond acceptors (Lipinski definition) is 2. The average molecular weight is 477 g/mol. The molecule has 200 valence electrons. The fraction of sp³-hybridized carbons (Fsp3) is 0.935. The van der Waals surface area contributed by atoms with Crippen molar-refractivity contribution in [3.8, 4) is 6.07 Å². The molecule has 0 N–H and O–H groups in total. The zero-order chi connectivity index (χ0) is 25.0. The lowest BCUT2D eigenvalue weighted by molar-refractivity contribution is -0.130. The van der Waals surface area contributed by atoms with Crippen LogP contribution in [-0.2, 0) is 4.79 Å². The van der Waals surface area contributed by atoms with Crippen LogP contribution in [-0.4, -0.2) is 23.9 Å². The Morgan fingerprint density at radius 2 is 0.765 bits per heavy atom. The lowest BCUT2D eigenvalue weighted by atomic mass is 10.0. The maximum atomic E-state index is 12.3. The number of nitriles is 1. The molecular weight excluding hydrogens is 416 g/mol. The number of amides is 1. The van der Waals surface area contributed by atoms with E-state index in [9.17, 15) is 4.79 Å². The summed E-state index contributed by atoms with van der Waals surface area (Å²) in [6.45, 7) is 6.24. The Balaban J connectivity index is 3.67. The Hall–Kier alpha value is -1.04. The molecule has 0 unspecified atom stereocenters. The predicted molar refractivity (Wildman–Crippen MR) is 149 cm³/mol. The van der Waals surface area contributed by atoms with Gasteiger partial charge in [0.2, 0.25) is 5.91 Å². The number of unbranched alkanes of at least 4 members (excludes halogenated alkanes) is 22. The summed E-state index contributed by atoms with van der Waals surface area (Å²) in [7, 11) is 0. The third kappa shape index (κ3) is 24.1. The standard InChI is InChI=1S/C31H60N2O/c1-3-5-7-9-11-13-15-17-19-21-23-25-29-33(31(34)27-28-32)30-26-24-22-20-18-16-14-12-10-8-6-4-2/h3-27,29-30H2,1-2H3. The van der Waals surface area contributed by atoms with Crippen LogP contribution in [0.25, 0.3) is 0 Å². The van der Waals surface area contributed by atoms with Crippen LogP contribution in [0.2, 0.25) is 0 Å². The molecule has 0 rings (SSSR count). The Morgan fingerprint density at radius 3 is 1.03 bits per heavy atom. The van der Waals surface area contributed by atoms with E-state index >= 15 is 0 Å². The summed E-state index contributed by atoms with van der Waals surface area (Å²) in [5.74, 6) is 0.0358. The van der Waals surface area contributed by atoms with Crippen molar-refractivity contribution in [2.75, 3.05) is 13.1 Å². The average Bonchev–Trinajstić information content (AvgIpc) is 2.84. The van der Waals surface area contributed by atoms with Crippen LogP contribution in [0.1, 0.15) is 174 Å². The van der Waals surface area contributed by atoms with Gasteiger partial charge in [-0.15, -0.1) is 0 Å². The zero-order valence-corrected chi connectivity index (χ0v) is 23.4. The van der Waals surface area contributed by atoms with E-state index in [-0.39, 0.29) is 12.3 Å². The number of nitrogens with zero attached hydrogens (tertiary/aromatic N) is 2. The number of carbonyl (C=O) groups excluding carboxylic acids is 1. The summed E-state index contributed by atoms with van der Waals surface area (Å²) in [6.07, 6.45) is 32.1. The minimum atomic E-state index is 0.0358. The fourth-order valence-corrected chi connectivity index (χ4v) is 4.83. The first-order valence-corrected chi connectivity index (χ1v) is 15.4. The molecule has 0 spiro atoms. The lowest BCUT2D eigenvalue weighted by Crippen LogP contribution is -2.32. The van der Waals surface area contributed by atoms with Gasteiger partial charge in [0.05, 0.1) is 6.07 Å². The molecule has 0 aliphatic rings. The van der Waals surface area contributed by atoms with Crippen LogP contribution in [0.3, 0.4) is 0 Å². The van der Waals surface area contributed by atoms with Gasteiger partial charge in [0.25, 0.3) is 0 Å². The van der Waals surface area contributed by atoms with Gasteiger partial charge in [-0.2, -0.15) is 5.26 Å².